The summed E-state index contributed by atoms with van der Waals surface area (Å²) in [6.45, 7) is 9.25. The molecule has 0 spiro atoms. The van der Waals surface area contributed by atoms with Gasteiger partial charge in [0.25, 0.3) is 0 Å². The van der Waals surface area contributed by atoms with E-state index >= 15 is 0 Å². The molecule has 16 nitrogen and oxygen atoms in total. The van der Waals surface area contributed by atoms with E-state index in [9.17, 15) is 39.6 Å². The fourth-order valence-corrected chi connectivity index (χ4v) is 13.2. The lowest BCUT2D eigenvalue weighted by Gasteiger charge is -2.21. The van der Waals surface area contributed by atoms with Crippen molar-refractivity contribution >= 4 is 23.9 Å². The molecule has 0 unspecified atom stereocenters. The lowest BCUT2D eigenvalue weighted by molar-refractivity contribution is 0.0683. The highest BCUT2D eigenvalue weighted by Crippen LogP contribution is 2.36. The number of aromatic carboxylic acids is 4. The van der Waals surface area contributed by atoms with Crippen molar-refractivity contribution in [3.05, 3.63) is 115 Å². The molecule has 4 N–H and O–H groups in total. The molecule has 5 rings (SSSR count). The van der Waals surface area contributed by atoms with Gasteiger partial charge in [0.05, 0.1) is 102 Å². The number of carbonyl (C=O) groups is 4. The summed E-state index contributed by atoms with van der Waals surface area (Å²) in [5.74, 6) is -3.03. The van der Waals surface area contributed by atoms with E-state index in [0.29, 0.717) is 93.9 Å². The molecule has 16 heteroatoms. The van der Waals surface area contributed by atoms with Crippen LogP contribution in [0.25, 0.3) is 0 Å². The van der Waals surface area contributed by atoms with E-state index in [0.717, 1.165) is 103 Å². The minimum atomic E-state index is -1.17. The number of rotatable bonds is 52. The molecule has 4 aromatic rings. The average molecular weight is 1390 g/mol. The van der Waals surface area contributed by atoms with E-state index in [2.05, 4.69) is 27.7 Å². The van der Waals surface area contributed by atoms with Crippen LogP contribution in [0, 0.1) is 0 Å². The fraction of sp³-hybridized carbons (Fsp3) is 0.667. The molecule has 0 saturated carbocycles. The Hall–Kier alpha value is -6.20. The summed E-state index contributed by atoms with van der Waals surface area (Å²) in [6.07, 6.45) is 45.4. The number of hydrogen-bond acceptors (Lipinski definition) is 12. The zero-order valence-electron chi connectivity index (χ0n) is 62.1. The van der Waals surface area contributed by atoms with Gasteiger partial charge in [-0.3, -0.25) is 0 Å². The molecule has 1 heterocycles. The first-order chi connectivity index (χ1) is 48.9. The first-order valence-electron chi connectivity index (χ1n) is 39.3. The number of hydrogen-bond donors (Lipinski definition) is 4. The normalized spacial score (nSPS) is 13.0. The second-order valence-electron chi connectivity index (χ2n) is 27.8. The molecule has 8 bridgehead atoms. The van der Waals surface area contributed by atoms with Gasteiger partial charge in [-0.15, -0.1) is 0 Å². The fourth-order valence-electron chi connectivity index (χ4n) is 13.2. The van der Waals surface area contributed by atoms with Crippen LogP contribution in [0.1, 0.15) is 370 Å². The van der Waals surface area contributed by atoms with Crippen LogP contribution in [-0.2, 0) is 71.8 Å². The Morgan fingerprint density at radius 1 is 0.240 bits per heavy atom. The molecule has 100 heavy (non-hydrogen) atoms. The van der Waals surface area contributed by atoms with E-state index in [-0.39, 0.29) is 75.1 Å². The molecular formula is C84H128O16. The van der Waals surface area contributed by atoms with E-state index in [1.807, 2.05) is 0 Å². The summed E-state index contributed by atoms with van der Waals surface area (Å²) in [4.78, 5) is 52.2. The van der Waals surface area contributed by atoms with Gasteiger partial charge < -0.3 is 58.3 Å². The van der Waals surface area contributed by atoms with Crippen LogP contribution in [0.3, 0.4) is 0 Å². The van der Waals surface area contributed by atoms with Crippen molar-refractivity contribution in [2.75, 3.05) is 26.4 Å². The molecule has 0 amide bonds. The standard InChI is InChI=1S/C84H128O16/c1-5-9-13-17-21-25-29-33-37-41-45-97-77-69-49-65(81(85)86)50-70(77)58-94-60-72-52-67(83(89)90)54-74(79(72)99-47-43-39-35-31-27-23-19-15-11-7-3)62-96-64-76-56-68(84(91)92)55-75(80(76)100-48-44-40-36-32-28-24-20-16-12-8-4)63-95-61-73-53-66(82(87)88)51-71(59-93-57-69)78(73)98-46-42-38-34-30-26-22-18-14-10-6-2/h49-56H,5-48,57-64H2,1-4H3,(H,85,86)(H,87,88)(H,89,90)(H,91,92). The zero-order chi connectivity index (χ0) is 71.6. The van der Waals surface area contributed by atoms with Crippen LogP contribution < -0.4 is 18.9 Å². The highest BCUT2D eigenvalue weighted by atomic mass is 16.5. The summed E-state index contributed by atoms with van der Waals surface area (Å²) < 4.78 is 53.1. The maximum atomic E-state index is 13.0. The van der Waals surface area contributed by atoms with Crippen LogP contribution in [0.4, 0.5) is 0 Å². The lowest BCUT2D eigenvalue weighted by atomic mass is 10.0. The molecule has 0 aromatic heterocycles. The minimum Gasteiger partial charge on any atom is -0.493 e. The van der Waals surface area contributed by atoms with Gasteiger partial charge in [0.2, 0.25) is 0 Å². The SMILES string of the molecule is CCCCCCCCCCCCOc1c2cc(C(=O)O)cc1COCc1cc(C(=O)O)cc(c1OCCCCCCCCCCCC)COCc1cc(C(=O)O)cc(c1OCCCCCCCCCCCC)COCc1cc(C(=O)O)cc(c1OCCCCCCCCCCCC)COC2. The van der Waals surface area contributed by atoms with Gasteiger partial charge >= 0.3 is 23.9 Å². The van der Waals surface area contributed by atoms with Gasteiger partial charge in [0.1, 0.15) is 23.0 Å². The summed E-state index contributed by atoms with van der Waals surface area (Å²) >= 11 is 0. The number of carboxylic acid groups (broad SMARTS) is 4. The minimum absolute atomic E-state index is 0.0155. The molecule has 1 aliphatic rings. The van der Waals surface area contributed by atoms with Gasteiger partial charge in [-0.1, -0.05) is 259 Å². The third kappa shape index (κ3) is 33.7. The molecule has 0 aliphatic carbocycles. The average Bonchev–Trinajstić information content (AvgIpc) is 0.826. The van der Waals surface area contributed by atoms with Crippen molar-refractivity contribution in [1.82, 2.24) is 0 Å². The Bertz CT molecular complexity index is 2440. The summed E-state index contributed by atoms with van der Waals surface area (Å²) in [5, 5.41) is 42.6. The van der Waals surface area contributed by atoms with E-state index in [1.54, 1.807) is 48.5 Å². The van der Waals surface area contributed by atoms with E-state index in [4.69, 9.17) is 37.9 Å². The van der Waals surface area contributed by atoms with Crippen LogP contribution in [0.2, 0.25) is 0 Å². The lowest BCUT2D eigenvalue weighted by Crippen LogP contribution is -2.12. The molecule has 0 fully saturated rings. The molecular weight excluding hydrogens is 1260 g/mol. The first-order valence-corrected chi connectivity index (χ1v) is 39.3. The van der Waals surface area contributed by atoms with Crippen molar-refractivity contribution in [3.8, 4) is 23.0 Å². The van der Waals surface area contributed by atoms with Gasteiger partial charge in [-0.2, -0.15) is 0 Å². The second kappa shape index (κ2) is 52.7. The molecule has 560 valence electrons. The highest BCUT2D eigenvalue weighted by molar-refractivity contribution is 5.90. The molecule has 0 saturated heterocycles. The van der Waals surface area contributed by atoms with Crippen molar-refractivity contribution in [2.24, 2.45) is 0 Å². The Kier molecular flexibility index (Phi) is 44.5. The smallest absolute Gasteiger partial charge is 0.335 e. The predicted molar refractivity (Wildman–Crippen MR) is 397 cm³/mol. The number of unbranched alkanes of at least 4 members (excludes halogenated alkanes) is 36. The number of fused-ring (bicyclic) bond motifs is 8. The topological polar surface area (TPSA) is 223 Å². The highest BCUT2D eigenvalue weighted by Gasteiger charge is 2.24. The van der Waals surface area contributed by atoms with Crippen LogP contribution in [0.15, 0.2) is 48.5 Å². The molecule has 0 atom stereocenters. The van der Waals surface area contributed by atoms with Crippen molar-refractivity contribution < 1.29 is 77.5 Å². The van der Waals surface area contributed by atoms with Crippen LogP contribution >= 0.6 is 0 Å². The molecule has 1 aliphatic heterocycles. The Labute approximate surface area is 600 Å². The third-order valence-corrected chi connectivity index (χ3v) is 19.0. The Morgan fingerprint density at radius 3 is 0.500 bits per heavy atom. The van der Waals surface area contributed by atoms with Gasteiger partial charge in [0.15, 0.2) is 0 Å². The monoisotopic (exact) mass is 1390 g/mol. The quantitative estimate of drug-likeness (QED) is 0.0302. The maximum absolute atomic E-state index is 13.0. The van der Waals surface area contributed by atoms with Crippen LogP contribution in [0.5, 0.6) is 23.0 Å². The van der Waals surface area contributed by atoms with Gasteiger partial charge in [-0.05, 0) is 74.2 Å². The number of ether oxygens (including phenoxy) is 8. The second-order valence-corrected chi connectivity index (χ2v) is 27.8. The van der Waals surface area contributed by atoms with Crippen molar-refractivity contribution in [3.63, 3.8) is 0 Å². The Balaban J connectivity index is 1.56. The van der Waals surface area contributed by atoms with Crippen molar-refractivity contribution in [1.29, 1.82) is 0 Å². The Morgan fingerprint density at radius 2 is 0.370 bits per heavy atom. The number of carboxylic acids is 4. The summed E-state index contributed by atoms with van der Waals surface area (Å²) in [7, 11) is 0. The van der Waals surface area contributed by atoms with E-state index in [1.165, 1.54) is 154 Å². The summed E-state index contributed by atoms with van der Waals surface area (Å²) in [5.41, 5.74) is 3.55. The van der Waals surface area contributed by atoms with Gasteiger partial charge in [-0.25, -0.2) is 19.2 Å². The maximum Gasteiger partial charge on any atom is 0.335 e. The largest absolute Gasteiger partial charge is 0.493 e. The third-order valence-electron chi connectivity index (χ3n) is 19.0. The first kappa shape index (κ1) is 84.5. The van der Waals surface area contributed by atoms with Gasteiger partial charge in [0, 0.05) is 44.5 Å². The number of benzene rings is 4. The van der Waals surface area contributed by atoms with E-state index < -0.39 is 23.9 Å². The predicted octanol–water partition coefficient (Wildman–Crippen LogP) is 22.9. The van der Waals surface area contributed by atoms with Crippen molar-refractivity contribution in [2.45, 2.75) is 337 Å². The summed E-state index contributed by atoms with van der Waals surface area (Å²) in [6, 6.07) is 12.3. The molecule has 4 aromatic carbocycles. The van der Waals surface area contributed by atoms with Crippen LogP contribution in [-0.4, -0.2) is 70.7 Å². The molecule has 0 radical (unpaired) electrons. The zero-order valence-corrected chi connectivity index (χ0v) is 62.1.